The Morgan fingerprint density at radius 2 is 2.08 bits per heavy atom. The van der Waals surface area contributed by atoms with Crippen LogP contribution in [0.25, 0.3) is 0 Å². The van der Waals surface area contributed by atoms with Crippen molar-refractivity contribution < 1.29 is 4.52 Å². The van der Waals surface area contributed by atoms with Gasteiger partial charge >= 0.3 is 0 Å². The van der Waals surface area contributed by atoms with Crippen molar-refractivity contribution in [2.75, 3.05) is 0 Å². The summed E-state index contributed by atoms with van der Waals surface area (Å²) in [6, 6.07) is -0.155. The molecule has 4 nitrogen and oxygen atoms in total. The van der Waals surface area contributed by atoms with Crippen molar-refractivity contribution in [1.29, 1.82) is 0 Å². The molecule has 0 aliphatic carbocycles. The summed E-state index contributed by atoms with van der Waals surface area (Å²) < 4.78 is 5.06. The highest BCUT2D eigenvalue weighted by atomic mass is 16.5. The quantitative estimate of drug-likeness (QED) is 0.757. The predicted octanol–water partition coefficient (Wildman–Crippen LogP) is 1.68. The van der Waals surface area contributed by atoms with Crippen molar-refractivity contribution >= 4 is 0 Å². The normalized spacial score (nSPS) is 14.5. The van der Waals surface area contributed by atoms with E-state index < -0.39 is 0 Å². The van der Waals surface area contributed by atoms with Crippen LogP contribution < -0.4 is 5.73 Å². The van der Waals surface area contributed by atoms with Crippen LogP contribution in [0, 0.1) is 5.41 Å². The highest BCUT2D eigenvalue weighted by Crippen LogP contribution is 2.19. The zero-order chi connectivity index (χ0) is 10.1. The van der Waals surface area contributed by atoms with Crippen molar-refractivity contribution in [3.05, 3.63) is 11.7 Å². The Hall–Kier alpha value is -0.900. The summed E-state index contributed by atoms with van der Waals surface area (Å²) in [7, 11) is 0. The summed E-state index contributed by atoms with van der Waals surface area (Å²) in [5.74, 6) is 1.25. The summed E-state index contributed by atoms with van der Waals surface area (Å²) in [6.45, 7) is 8.22. The van der Waals surface area contributed by atoms with E-state index in [1.54, 1.807) is 0 Å². The summed E-state index contributed by atoms with van der Waals surface area (Å²) >= 11 is 0. The molecular formula is C9H17N3O. The molecule has 1 atom stereocenters. The van der Waals surface area contributed by atoms with E-state index in [2.05, 4.69) is 30.9 Å². The van der Waals surface area contributed by atoms with Crippen LogP contribution in [0.2, 0.25) is 0 Å². The lowest BCUT2D eigenvalue weighted by molar-refractivity contribution is 0.311. The fraction of sp³-hybridized carbons (Fsp3) is 0.778. The number of nitrogens with zero attached hydrogens (tertiary/aromatic N) is 2. The van der Waals surface area contributed by atoms with E-state index in [1.807, 2.05) is 6.92 Å². The second kappa shape index (κ2) is 3.46. The van der Waals surface area contributed by atoms with Crippen molar-refractivity contribution in [2.45, 2.75) is 40.2 Å². The van der Waals surface area contributed by atoms with E-state index in [0.717, 1.165) is 6.42 Å². The number of hydrogen-bond donors (Lipinski definition) is 1. The summed E-state index contributed by atoms with van der Waals surface area (Å²) in [4.78, 5) is 4.19. The monoisotopic (exact) mass is 183 g/mol. The fourth-order valence-electron chi connectivity index (χ4n) is 0.978. The minimum absolute atomic E-state index is 0.155. The summed E-state index contributed by atoms with van der Waals surface area (Å²) in [5.41, 5.74) is 5.77. The van der Waals surface area contributed by atoms with Gasteiger partial charge in [-0.25, -0.2) is 0 Å². The van der Waals surface area contributed by atoms with Crippen LogP contribution in [-0.4, -0.2) is 10.1 Å². The molecule has 74 valence electrons. The van der Waals surface area contributed by atoms with E-state index >= 15 is 0 Å². The third kappa shape index (κ3) is 3.14. The number of nitrogens with two attached hydrogens (primary N) is 1. The summed E-state index contributed by atoms with van der Waals surface area (Å²) in [5, 5.41) is 3.79. The molecule has 0 saturated heterocycles. The zero-order valence-electron chi connectivity index (χ0n) is 8.66. The van der Waals surface area contributed by atoms with E-state index in [9.17, 15) is 0 Å². The molecule has 1 aromatic heterocycles. The van der Waals surface area contributed by atoms with Crippen LogP contribution in [0.1, 0.15) is 45.5 Å². The van der Waals surface area contributed by atoms with E-state index in [0.29, 0.717) is 11.7 Å². The zero-order valence-corrected chi connectivity index (χ0v) is 8.66. The van der Waals surface area contributed by atoms with Gasteiger partial charge in [-0.05, 0) is 12.3 Å². The minimum Gasteiger partial charge on any atom is -0.339 e. The first-order valence-electron chi connectivity index (χ1n) is 4.46. The predicted molar refractivity (Wildman–Crippen MR) is 50.1 cm³/mol. The van der Waals surface area contributed by atoms with Gasteiger partial charge in [0, 0.05) is 6.42 Å². The maximum atomic E-state index is 5.61. The molecule has 0 aliphatic heterocycles. The largest absolute Gasteiger partial charge is 0.339 e. The maximum absolute atomic E-state index is 5.61. The molecule has 0 bridgehead atoms. The average Bonchev–Trinajstić information content (AvgIpc) is 2.31. The lowest BCUT2D eigenvalue weighted by Crippen LogP contribution is -2.10. The molecule has 0 aliphatic rings. The fourth-order valence-corrected chi connectivity index (χ4v) is 0.978. The second-order valence-corrected chi connectivity index (χ2v) is 4.57. The van der Waals surface area contributed by atoms with E-state index in [4.69, 9.17) is 10.3 Å². The Labute approximate surface area is 78.5 Å². The number of hydrogen-bond acceptors (Lipinski definition) is 4. The van der Waals surface area contributed by atoms with Crippen LogP contribution in [0.4, 0.5) is 0 Å². The van der Waals surface area contributed by atoms with Crippen LogP contribution in [0.5, 0.6) is 0 Å². The van der Waals surface area contributed by atoms with Crippen molar-refractivity contribution in [3.8, 4) is 0 Å². The second-order valence-electron chi connectivity index (χ2n) is 4.57. The third-order valence-corrected chi connectivity index (χ3v) is 1.57. The number of rotatable bonds is 2. The first-order valence-corrected chi connectivity index (χ1v) is 4.46. The smallest absolute Gasteiger partial charge is 0.227 e. The van der Waals surface area contributed by atoms with Gasteiger partial charge in [0.15, 0.2) is 5.82 Å². The SMILES string of the molecule is CC(N)c1noc(CC(C)(C)C)n1. The molecule has 1 unspecified atom stereocenters. The van der Waals surface area contributed by atoms with Gasteiger partial charge in [-0.2, -0.15) is 4.98 Å². The van der Waals surface area contributed by atoms with Crippen LogP contribution in [0.3, 0.4) is 0 Å². The lowest BCUT2D eigenvalue weighted by atomic mass is 9.92. The Balaban J connectivity index is 2.70. The van der Waals surface area contributed by atoms with Gasteiger partial charge in [0.1, 0.15) is 0 Å². The highest BCUT2D eigenvalue weighted by Gasteiger charge is 2.17. The number of aromatic nitrogens is 2. The molecule has 0 radical (unpaired) electrons. The molecule has 0 fully saturated rings. The van der Waals surface area contributed by atoms with Gasteiger partial charge < -0.3 is 10.3 Å². The molecule has 1 heterocycles. The Kier molecular flexibility index (Phi) is 2.71. The van der Waals surface area contributed by atoms with Gasteiger partial charge in [0.25, 0.3) is 0 Å². The van der Waals surface area contributed by atoms with Gasteiger partial charge in [0.05, 0.1) is 6.04 Å². The molecule has 0 amide bonds. The van der Waals surface area contributed by atoms with Gasteiger partial charge in [0.2, 0.25) is 5.89 Å². The van der Waals surface area contributed by atoms with Crippen molar-refractivity contribution in [1.82, 2.24) is 10.1 Å². The summed E-state index contributed by atoms with van der Waals surface area (Å²) in [6.07, 6.45) is 0.784. The van der Waals surface area contributed by atoms with Gasteiger partial charge in [-0.1, -0.05) is 25.9 Å². The Bertz CT molecular complexity index is 273. The first kappa shape index (κ1) is 10.2. The van der Waals surface area contributed by atoms with Crippen LogP contribution in [0.15, 0.2) is 4.52 Å². The van der Waals surface area contributed by atoms with Gasteiger partial charge in [-0.15, -0.1) is 0 Å². The van der Waals surface area contributed by atoms with Gasteiger partial charge in [-0.3, -0.25) is 0 Å². The molecular weight excluding hydrogens is 166 g/mol. The minimum atomic E-state index is -0.155. The van der Waals surface area contributed by atoms with Crippen LogP contribution in [-0.2, 0) is 6.42 Å². The highest BCUT2D eigenvalue weighted by molar-refractivity contribution is 4.92. The van der Waals surface area contributed by atoms with Crippen LogP contribution >= 0.6 is 0 Å². The molecule has 4 heteroatoms. The van der Waals surface area contributed by atoms with Crippen molar-refractivity contribution in [3.63, 3.8) is 0 Å². The Morgan fingerprint density at radius 1 is 1.46 bits per heavy atom. The lowest BCUT2D eigenvalue weighted by Gasteiger charge is -2.13. The van der Waals surface area contributed by atoms with E-state index in [-0.39, 0.29) is 11.5 Å². The molecule has 2 N–H and O–H groups in total. The first-order chi connectivity index (χ1) is 5.88. The van der Waals surface area contributed by atoms with E-state index in [1.165, 1.54) is 0 Å². The molecule has 0 saturated carbocycles. The Morgan fingerprint density at radius 3 is 2.46 bits per heavy atom. The molecule has 1 rings (SSSR count). The topological polar surface area (TPSA) is 64.9 Å². The third-order valence-electron chi connectivity index (χ3n) is 1.57. The molecule has 13 heavy (non-hydrogen) atoms. The standard InChI is InChI=1S/C9H17N3O/c1-6(10)8-11-7(13-12-8)5-9(2,3)4/h6H,5,10H2,1-4H3. The molecule has 1 aromatic rings. The molecule has 0 aromatic carbocycles. The van der Waals surface area contributed by atoms with Crippen molar-refractivity contribution in [2.24, 2.45) is 11.1 Å². The maximum Gasteiger partial charge on any atom is 0.227 e. The molecule has 0 spiro atoms. The average molecular weight is 183 g/mol.